The van der Waals surface area contributed by atoms with Crippen molar-refractivity contribution in [1.29, 1.82) is 0 Å². The highest BCUT2D eigenvalue weighted by Crippen LogP contribution is 2.10. The lowest BCUT2D eigenvalue weighted by molar-refractivity contribution is 0.111. The van der Waals surface area contributed by atoms with E-state index in [0.717, 1.165) is 0 Å². The van der Waals surface area contributed by atoms with Crippen molar-refractivity contribution in [2.24, 2.45) is 0 Å². The number of nitrogens with zero attached hydrogens (tertiary/aromatic N) is 3. The van der Waals surface area contributed by atoms with E-state index in [0.29, 0.717) is 29.4 Å². The number of hydrogen-bond donors (Lipinski definition) is 0. The fourth-order valence-electron chi connectivity index (χ4n) is 1.09. The summed E-state index contributed by atoms with van der Waals surface area (Å²) in [6.07, 6.45) is 2.14. The molecule has 0 aliphatic rings. The molecule has 16 heavy (non-hydrogen) atoms. The van der Waals surface area contributed by atoms with Gasteiger partial charge in [0.1, 0.15) is 11.4 Å². The van der Waals surface area contributed by atoms with Gasteiger partial charge in [-0.15, -0.1) is 0 Å². The van der Waals surface area contributed by atoms with Crippen molar-refractivity contribution < 1.29 is 14.1 Å². The minimum atomic E-state index is 0.183. The third-order valence-corrected chi connectivity index (χ3v) is 1.81. The van der Waals surface area contributed by atoms with Crippen molar-refractivity contribution >= 4 is 6.29 Å². The van der Waals surface area contributed by atoms with E-state index in [-0.39, 0.29) is 6.61 Å². The average Bonchev–Trinajstić information content (AvgIpc) is 2.73. The molecule has 0 atom stereocenters. The summed E-state index contributed by atoms with van der Waals surface area (Å²) in [5.74, 6) is 1.51. The maximum absolute atomic E-state index is 10.4. The molecule has 82 valence electrons. The molecule has 0 unspecified atom stereocenters. The van der Waals surface area contributed by atoms with Gasteiger partial charge in [-0.3, -0.25) is 4.79 Å². The van der Waals surface area contributed by atoms with Crippen LogP contribution in [0, 0.1) is 6.92 Å². The maximum Gasteiger partial charge on any atom is 0.264 e. The van der Waals surface area contributed by atoms with Crippen molar-refractivity contribution in [1.82, 2.24) is 15.1 Å². The number of aldehydes is 1. The van der Waals surface area contributed by atoms with Crippen LogP contribution in [0.4, 0.5) is 0 Å². The van der Waals surface area contributed by atoms with Gasteiger partial charge >= 0.3 is 0 Å². The largest absolute Gasteiger partial charge is 0.482 e. The van der Waals surface area contributed by atoms with Crippen LogP contribution in [0.3, 0.4) is 0 Å². The molecular weight excluding hydrogens is 210 g/mol. The molecule has 0 saturated heterocycles. The summed E-state index contributed by atoms with van der Waals surface area (Å²) >= 11 is 0. The maximum atomic E-state index is 10.4. The zero-order valence-electron chi connectivity index (χ0n) is 8.58. The molecule has 2 rings (SSSR count). The summed E-state index contributed by atoms with van der Waals surface area (Å²) in [6.45, 7) is 1.91. The Kier molecular flexibility index (Phi) is 2.90. The predicted octanol–water partition coefficient (Wildman–Crippen LogP) is 1.16. The fourth-order valence-corrected chi connectivity index (χ4v) is 1.09. The van der Waals surface area contributed by atoms with Gasteiger partial charge < -0.3 is 9.26 Å². The number of carbonyl (C=O) groups is 1. The Labute approximate surface area is 91.3 Å². The van der Waals surface area contributed by atoms with Gasteiger partial charge in [0, 0.05) is 0 Å². The molecule has 0 spiro atoms. The van der Waals surface area contributed by atoms with Gasteiger partial charge in [0.15, 0.2) is 18.7 Å². The quantitative estimate of drug-likeness (QED) is 0.718. The van der Waals surface area contributed by atoms with E-state index in [2.05, 4.69) is 15.1 Å². The second kappa shape index (κ2) is 4.52. The summed E-state index contributed by atoms with van der Waals surface area (Å²) in [4.78, 5) is 18.2. The lowest BCUT2D eigenvalue weighted by Crippen LogP contribution is -1.97. The molecule has 0 aliphatic heterocycles. The Bertz CT molecular complexity index is 478. The molecule has 6 nitrogen and oxygen atoms in total. The van der Waals surface area contributed by atoms with Crippen LogP contribution in [-0.4, -0.2) is 21.4 Å². The molecule has 0 amide bonds. The van der Waals surface area contributed by atoms with Crippen LogP contribution in [-0.2, 0) is 6.61 Å². The number of aromatic nitrogens is 3. The Morgan fingerprint density at radius 2 is 2.38 bits per heavy atom. The topological polar surface area (TPSA) is 78.1 Å². The number of hydrogen-bond acceptors (Lipinski definition) is 6. The van der Waals surface area contributed by atoms with Crippen LogP contribution in [0.1, 0.15) is 22.2 Å². The van der Waals surface area contributed by atoms with E-state index < -0.39 is 0 Å². The third-order valence-electron chi connectivity index (χ3n) is 1.81. The highest BCUT2D eigenvalue weighted by molar-refractivity contribution is 5.71. The second-order valence-corrected chi connectivity index (χ2v) is 3.06. The molecular formula is C10H9N3O3. The van der Waals surface area contributed by atoms with Crippen molar-refractivity contribution in [3.05, 3.63) is 35.7 Å². The number of ether oxygens (including phenoxy) is 1. The van der Waals surface area contributed by atoms with E-state index in [4.69, 9.17) is 9.26 Å². The molecule has 2 heterocycles. The van der Waals surface area contributed by atoms with Crippen molar-refractivity contribution in [3.8, 4) is 5.75 Å². The van der Waals surface area contributed by atoms with Gasteiger partial charge in [0.2, 0.25) is 0 Å². The van der Waals surface area contributed by atoms with Gasteiger partial charge in [-0.05, 0) is 19.1 Å². The van der Waals surface area contributed by atoms with Crippen molar-refractivity contribution in [3.63, 3.8) is 0 Å². The summed E-state index contributed by atoms with van der Waals surface area (Å²) in [5.41, 5.74) is 0.362. The summed E-state index contributed by atoms with van der Waals surface area (Å²) in [6, 6.07) is 3.22. The van der Waals surface area contributed by atoms with E-state index in [1.807, 2.05) is 0 Å². The minimum Gasteiger partial charge on any atom is -0.482 e. The first-order valence-corrected chi connectivity index (χ1v) is 4.61. The predicted molar refractivity (Wildman–Crippen MR) is 53.0 cm³/mol. The fraction of sp³-hybridized carbons (Fsp3) is 0.200. The summed E-state index contributed by atoms with van der Waals surface area (Å²) in [7, 11) is 0. The Hall–Kier alpha value is -2.24. The lowest BCUT2D eigenvalue weighted by atomic mass is 10.4. The van der Waals surface area contributed by atoms with Crippen molar-refractivity contribution in [2.45, 2.75) is 13.5 Å². The molecule has 0 N–H and O–H groups in total. The molecule has 0 aliphatic carbocycles. The zero-order valence-corrected chi connectivity index (χ0v) is 8.58. The van der Waals surface area contributed by atoms with Crippen LogP contribution >= 0.6 is 0 Å². The first kappa shape index (κ1) is 10.3. The smallest absolute Gasteiger partial charge is 0.264 e. The van der Waals surface area contributed by atoms with Crippen LogP contribution < -0.4 is 4.74 Å². The first-order valence-electron chi connectivity index (χ1n) is 4.61. The van der Waals surface area contributed by atoms with Gasteiger partial charge in [-0.2, -0.15) is 4.98 Å². The van der Waals surface area contributed by atoms with Crippen molar-refractivity contribution in [2.75, 3.05) is 0 Å². The molecule has 0 aromatic carbocycles. The molecule has 0 bridgehead atoms. The van der Waals surface area contributed by atoms with E-state index in [9.17, 15) is 4.79 Å². The van der Waals surface area contributed by atoms with Gasteiger partial charge in [0.05, 0.1) is 6.20 Å². The minimum absolute atomic E-state index is 0.183. The second-order valence-electron chi connectivity index (χ2n) is 3.06. The Morgan fingerprint density at radius 3 is 2.94 bits per heavy atom. The Morgan fingerprint density at radius 1 is 1.50 bits per heavy atom. The highest BCUT2D eigenvalue weighted by atomic mass is 16.5. The monoisotopic (exact) mass is 219 g/mol. The molecule has 2 aromatic heterocycles. The number of carbonyl (C=O) groups excluding carboxylic acids is 1. The van der Waals surface area contributed by atoms with Gasteiger partial charge in [-0.1, -0.05) is 5.16 Å². The average molecular weight is 219 g/mol. The molecule has 2 aromatic rings. The Balaban J connectivity index is 1.96. The number of rotatable bonds is 4. The van der Waals surface area contributed by atoms with E-state index >= 15 is 0 Å². The number of aryl methyl sites for hydroxylation is 1. The molecule has 0 saturated carbocycles. The van der Waals surface area contributed by atoms with Gasteiger partial charge in [0.25, 0.3) is 5.89 Å². The van der Waals surface area contributed by atoms with Crippen LogP contribution in [0.15, 0.2) is 22.9 Å². The molecule has 0 radical (unpaired) electrons. The standard InChI is InChI=1S/C10H9N3O3/c1-7-12-10(16-13-7)6-15-9-3-2-8(5-14)11-4-9/h2-5H,6H2,1H3. The van der Waals surface area contributed by atoms with Gasteiger partial charge in [-0.25, -0.2) is 4.98 Å². The third kappa shape index (κ3) is 2.41. The van der Waals surface area contributed by atoms with E-state index in [1.54, 1.807) is 19.1 Å². The summed E-state index contributed by atoms with van der Waals surface area (Å²) in [5, 5.41) is 3.63. The molecule has 0 fully saturated rings. The SMILES string of the molecule is Cc1noc(COc2ccc(C=O)nc2)n1. The molecule has 6 heteroatoms. The van der Waals surface area contributed by atoms with E-state index in [1.165, 1.54) is 6.20 Å². The first-order chi connectivity index (χ1) is 7.78. The zero-order chi connectivity index (χ0) is 11.4. The number of pyridine rings is 1. The highest BCUT2D eigenvalue weighted by Gasteiger charge is 2.03. The van der Waals surface area contributed by atoms with Crippen LogP contribution in [0.25, 0.3) is 0 Å². The van der Waals surface area contributed by atoms with Crippen LogP contribution in [0.2, 0.25) is 0 Å². The summed E-state index contributed by atoms with van der Waals surface area (Å²) < 4.78 is 10.2. The normalized spacial score (nSPS) is 10.1. The van der Waals surface area contributed by atoms with Crippen LogP contribution in [0.5, 0.6) is 5.75 Å². The lowest BCUT2D eigenvalue weighted by Gasteiger charge is -2.01.